The lowest BCUT2D eigenvalue weighted by Crippen LogP contribution is -2.58. The van der Waals surface area contributed by atoms with Gasteiger partial charge < -0.3 is 10.2 Å². The number of fused-ring (bicyclic) bond motifs is 8. The summed E-state index contributed by atoms with van der Waals surface area (Å²) in [7, 11) is -9.96. The summed E-state index contributed by atoms with van der Waals surface area (Å²) < 4.78 is 175. The van der Waals surface area contributed by atoms with Gasteiger partial charge in [0.2, 0.25) is 0 Å². The number of aliphatic hydroxyl groups excluding tert-OH is 1. The van der Waals surface area contributed by atoms with E-state index in [4.69, 9.17) is 0 Å². The molecular weight excluding hydrogens is 1070 g/mol. The van der Waals surface area contributed by atoms with E-state index in [1.54, 1.807) is 12.8 Å². The standard InChI is InChI=1S/C14H22F6OSi.C13H23F3OSi.C11H20F3NO2SSi.C11H22SSi/c1-22(2,3)11-6-8-4-9(11)5-10(8)7-12(21,13(15,16)17)14(18,19)20;1-18(2,3)11-6-8-4-10(11)5-9(8)7-12(17)13(14,15)16;1-19(2,3)10-6-7-4-8(10)5-9(7)15-18(16,17)11(12,13)14;1-13(2,3)11-6-8-4-9(11)5-10(8)7-12/h8-11,21H,4-7H2,1-3H3;8-12,17H,4-7H2,1-3H3;7-10,15H,4-6H2,1-3H3;8-12H,4-7H2,1-3H3. The van der Waals surface area contributed by atoms with Crippen molar-refractivity contribution >= 4 is 54.9 Å². The predicted molar refractivity (Wildman–Crippen MR) is 276 cm³/mol. The van der Waals surface area contributed by atoms with Gasteiger partial charge in [-0.25, -0.2) is 13.1 Å². The van der Waals surface area contributed by atoms with E-state index < -0.39 is 96.4 Å². The highest BCUT2D eigenvalue weighted by Gasteiger charge is 2.71. The van der Waals surface area contributed by atoms with Gasteiger partial charge >= 0.3 is 34.1 Å². The highest BCUT2D eigenvalue weighted by molar-refractivity contribution is 7.90. The van der Waals surface area contributed by atoms with Crippen LogP contribution in [-0.2, 0) is 10.0 Å². The summed E-state index contributed by atoms with van der Waals surface area (Å²) in [6.07, 6.45) is -7.43. The van der Waals surface area contributed by atoms with Gasteiger partial charge in [0.25, 0.3) is 5.60 Å². The fraction of sp³-hybridized carbons (Fsp3) is 1.00. The van der Waals surface area contributed by atoms with Crippen molar-refractivity contribution < 1.29 is 71.3 Å². The Morgan fingerprint density at radius 1 is 0.486 bits per heavy atom. The molecule has 0 saturated heterocycles. The number of thiol groups is 1. The van der Waals surface area contributed by atoms with Gasteiger partial charge in [-0.1, -0.05) is 78.6 Å². The summed E-state index contributed by atoms with van der Waals surface area (Å²) >= 11 is 4.46. The molecule has 0 spiro atoms. The van der Waals surface area contributed by atoms with Gasteiger partial charge in [-0.2, -0.15) is 65.3 Å². The zero-order valence-corrected chi connectivity index (χ0v) is 50.2. The summed E-state index contributed by atoms with van der Waals surface area (Å²) in [5.74, 6) is 5.33. The van der Waals surface area contributed by atoms with E-state index in [9.17, 15) is 71.3 Å². The van der Waals surface area contributed by atoms with Crippen molar-refractivity contribution in [1.82, 2.24) is 4.72 Å². The summed E-state index contributed by atoms with van der Waals surface area (Å²) in [6, 6.07) is -0.524. The normalized spacial score (nSPS) is 37.3. The minimum Gasteiger partial charge on any atom is -0.384 e. The van der Waals surface area contributed by atoms with Crippen molar-refractivity contribution in [3.05, 3.63) is 0 Å². The molecule has 8 fully saturated rings. The summed E-state index contributed by atoms with van der Waals surface area (Å²) in [5.41, 5.74) is -6.78. The Bertz CT molecular complexity index is 1920. The predicted octanol–water partition coefficient (Wildman–Crippen LogP) is 15.6. The molecule has 424 valence electrons. The smallest absolute Gasteiger partial charge is 0.384 e. The Kier molecular flexibility index (Phi) is 19.0. The first-order chi connectivity index (χ1) is 32.2. The minimum absolute atomic E-state index is 0.0803. The molecule has 8 bridgehead atoms. The van der Waals surface area contributed by atoms with E-state index in [0.29, 0.717) is 48.1 Å². The molecule has 3 N–H and O–H groups in total. The first-order valence-electron chi connectivity index (χ1n) is 26.5. The third kappa shape index (κ3) is 14.3. The highest BCUT2D eigenvalue weighted by atomic mass is 32.2. The molecule has 23 heteroatoms. The van der Waals surface area contributed by atoms with Gasteiger partial charge in [0.05, 0.1) is 0 Å². The van der Waals surface area contributed by atoms with Gasteiger partial charge in [0, 0.05) is 38.3 Å². The van der Waals surface area contributed by atoms with E-state index in [0.717, 1.165) is 73.1 Å². The molecule has 0 radical (unpaired) electrons. The van der Waals surface area contributed by atoms with Crippen LogP contribution in [0.25, 0.3) is 0 Å². The molecule has 17 unspecified atom stereocenters. The second-order valence-corrected chi connectivity index (χ2v) is 52.3. The van der Waals surface area contributed by atoms with Crippen LogP contribution in [0.2, 0.25) is 101 Å². The van der Waals surface area contributed by atoms with Gasteiger partial charge in [-0.05, 0) is 183 Å². The van der Waals surface area contributed by atoms with Crippen molar-refractivity contribution in [1.29, 1.82) is 0 Å². The zero-order valence-electron chi connectivity index (χ0n) is 44.5. The second-order valence-electron chi connectivity index (χ2n) is 28.3. The van der Waals surface area contributed by atoms with Crippen LogP contribution < -0.4 is 4.72 Å². The number of aliphatic hydroxyl groups is 2. The van der Waals surface area contributed by atoms with Crippen LogP contribution in [0.1, 0.15) is 89.9 Å². The van der Waals surface area contributed by atoms with E-state index in [1.165, 1.54) is 6.42 Å². The zero-order chi connectivity index (χ0) is 55.1. The van der Waals surface area contributed by atoms with E-state index in [2.05, 4.69) is 91.2 Å². The lowest BCUT2D eigenvalue weighted by Gasteiger charge is -2.39. The largest absolute Gasteiger partial charge is 0.511 e. The Balaban J connectivity index is 0.000000181. The van der Waals surface area contributed by atoms with Gasteiger partial charge in [0.15, 0.2) is 0 Å². The third-order valence-corrected chi connectivity index (χ3v) is 33.0. The van der Waals surface area contributed by atoms with Crippen LogP contribution in [0.4, 0.5) is 52.7 Å². The first kappa shape index (κ1) is 63.0. The van der Waals surface area contributed by atoms with E-state index in [-0.39, 0.29) is 30.1 Å². The fourth-order valence-electron chi connectivity index (χ4n) is 16.1. The molecule has 72 heavy (non-hydrogen) atoms. The molecule has 0 aromatic carbocycles. The molecule has 8 aliphatic carbocycles. The molecule has 0 aliphatic heterocycles. The van der Waals surface area contributed by atoms with Crippen molar-refractivity contribution in [3.63, 3.8) is 0 Å². The minimum atomic E-state index is -5.69. The summed E-state index contributed by atoms with van der Waals surface area (Å²) in [4.78, 5) is 0. The molecule has 0 amide bonds. The van der Waals surface area contributed by atoms with Crippen molar-refractivity contribution in [3.8, 4) is 0 Å². The van der Waals surface area contributed by atoms with Gasteiger partial charge in [-0.15, -0.1) is 0 Å². The van der Waals surface area contributed by atoms with Crippen LogP contribution in [0.3, 0.4) is 0 Å². The van der Waals surface area contributed by atoms with Crippen LogP contribution in [0, 0.1) is 65.1 Å². The van der Waals surface area contributed by atoms with E-state index >= 15 is 0 Å². The SMILES string of the molecule is C[Si](C)(C)C1CC2CC1CC2CC(O)(C(F)(F)F)C(F)(F)F.C[Si](C)(C)C1CC2CC1CC2CC(O)C(F)(F)F.C[Si](C)(C)C1CC2CC1CC2CS.C[Si](C)(C)C1CC2CC1CC2NS(=O)(=O)C(F)(F)F. The molecule has 8 saturated carbocycles. The Labute approximate surface area is 432 Å². The highest BCUT2D eigenvalue weighted by Crippen LogP contribution is 2.63. The molecule has 8 aliphatic rings. The quantitative estimate of drug-likeness (QED) is 0.0943. The molecule has 0 heterocycles. The van der Waals surface area contributed by atoms with E-state index in [1.807, 2.05) is 4.72 Å². The molecule has 0 aromatic heterocycles. The maximum absolute atomic E-state index is 12.8. The number of nitrogens with one attached hydrogen (secondary N) is 1. The number of hydrogen-bond donors (Lipinski definition) is 4. The van der Waals surface area contributed by atoms with Crippen LogP contribution >= 0.6 is 12.6 Å². The average Bonchev–Trinajstić information content (AvgIpc) is 4.05. The third-order valence-electron chi connectivity index (χ3n) is 19.6. The van der Waals surface area contributed by atoms with Crippen LogP contribution in [-0.4, -0.2) is 98.5 Å². The average molecular weight is 1160 g/mol. The van der Waals surface area contributed by atoms with Gasteiger partial charge in [0.1, 0.15) is 6.10 Å². The van der Waals surface area contributed by atoms with Crippen molar-refractivity contribution in [2.45, 2.75) is 232 Å². The molecule has 0 aromatic rings. The molecule has 5 nitrogen and oxygen atoms in total. The number of sulfonamides is 1. The van der Waals surface area contributed by atoms with Crippen LogP contribution in [0.15, 0.2) is 0 Å². The molecular formula is C49H87F12NO4S2Si4. The Morgan fingerprint density at radius 3 is 1.07 bits per heavy atom. The Morgan fingerprint density at radius 2 is 0.806 bits per heavy atom. The number of rotatable bonds is 11. The number of halogens is 12. The maximum atomic E-state index is 12.8. The second kappa shape index (κ2) is 21.7. The number of alkyl halides is 12. The molecule has 8 rings (SSSR count). The van der Waals surface area contributed by atoms with Gasteiger partial charge in [-0.3, -0.25) is 0 Å². The van der Waals surface area contributed by atoms with Crippen LogP contribution in [0.5, 0.6) is 0 Å². The maximum Gasteiger partial charge on any atom is 0.511 e. The first-order valence-corrected chi connectivity index (χ1v) is 42.9. The summed E-state index contributed by atoms with van der Waals surface area (Å²) in [6.45, 7) is 28.1. The number of hydrogen-bond acceptors (Lipinski definition) is 5. The molecule has 17 atom stereocenters. The Hall–Kier alpha value is 0.208. The monoisotopic (exact) mass is 1160 g/mol. The summed E-state index contributed by atoms with van der Waals surface area (Å²) in [5, 5.41) is 18.5. The van der Waals surface area contributed by atoms with Crippen molar-refractivity contribution in [2.24, 2.45) is 65.1 Å². The fourth-order valence-corrected chi connectivity index (χ4v) is 28.1. The topological polar surface area (TPSA) is 86.6 Å². The van der Waals surface area contributed by atoms with Crippen molar-refractivity contribution in [2.75, 3.05) is 5.75 Å². The lowest BCUT2D eigenvalue weighted by molar-refractivity contribution is -0.373. The lowest BCUT2D eigenvalue weighted by atomic mass is 9.79.